The van der Waals surface area contributed by atoms with E-state index in [0.29, 0.717) is 0 Å². The average molecular weight is 241 g/mol. The third kappa shape index (κ3) is 3.41. The number of nitrogens with zero attached hydrogens (tertiary/aromatic N) is 1. The van der Waals surface area contributed by atoms with Crippen molar-refractivity contribution in [3.05, 3.63) is 66.0 Å². The highest BCUT2D eigenvalue weighted by atomic mass is 16.3. The minimum absolute atomic E-state index is 0.744. The van der Waals surface area contributed by atoms with Crippen LogP contribution in [0.1, 0.15) is 31.0 Å². The van der Waals surface area contributed by atoms with Crippen LogP contribution in [0.15, 0.2) is 54.7 Å². The first-order valence-electron chi connectivity index (χ1n) is 6.36. The van der Waals surface area contributed by atoms with Gasteiger partial charge in [-0.1, -0.05) is 36.4 Å². The van der Waals surface area contributed by atoms with E-state index in [-0.39, 0.29) is 0 Å². The Morgan fingerprint density at radius 2 is 1.78 bits per heavy atom. The lowest BCUT2D eigenvalue weighted by Gasteiger charge is -2.23. The molecule has 94 valence electrons. The van der Waals surface area contributed by atoms with E-state index in [4.69, 9.17) is 0 Å². The molecule has 0 aliphatic rings. The summed E-state index contributed by atoms with van der Waals surface area (Å²) in [6.07, 6.45) is 4.39. The summed E-state index contributed by atoms with van der Waals surface area (Å²) in [6, 6.07) is 15.8. The van der Waals surface area contributed by atoms with Crippen LogP contribution in [-0.4, -0.2) is 10.1 Å². The van der Waals surface area contributed by atoms with E-state index >= 15 is 0 Å². The van der Waals surface area contributed by atoms with Gasteiger partial charge in [0.2, 0.25) is 0 Å². The van der Waals surface area contributed by atoms with Gasteiger partial charge in [-0.15, -0.1) is 0 Å². The lowest BCUT2D eigenvalue weighted by atomic mass is 9.90. The number of aryl methyl sites for hydroxylation is 1. The quantitative estimate of drug-likeness (QED) is 0.871. The molecule has 2 rings (SSSR count). The van der Waals surface area contributed by atoms with E-state index in [1.54, 1.807) is 0 Å². The average Bonchev–Trinajstić information content (AvgIpc) is 2.41. The molecule has 0 saturated carbocycles. The summed E-state index contributed by atoms with van der Waals surface area (Å²) in [7, 11) is 0. The first-order chi connectivity index (χ1) is 8.68. The third-order valence-electron chi connectivity index (χ3n) is 3.22. The molecule has 0 aliphatic carbocycles. The van der Waals surface area contributed by atoms with Gasteiger partial charge in [0.05, 0.1) is 5.60 Å². The third-order valence-corrected chi connectivity index (χ3v) is 3.22. The first kappa shape index (κ1) is 12.8. The van der Waals surface area contributed by atoms with E-state index < -0.39 is 5.60 Å². The molecule has 1 aromatic heterocycles. The maximum absolute atomic E-state index is 10.4. The maximum atomic E-state index is 10.4. The molecular weight excluding hydrogens is 222 g/mol. The minimum Gasteiger partial charge on any atom is -0.385 e. The second-order valence-corrected chi connectivity index (χ2v) is 4.81. The van der Waals surface area contributed by atoms with Gasteiger partial charge in [0.1, 0.15) is 0 Å². The monoisotopic (exact) mass is 241 g/mol. The summed E-state index contributed by atoms with van der Waals surface area (Å²) < 4.78 is 0. The van der Waals surface area contributed by atoms with Gasteiger partial charge in [0, 0.05) is 11.9 Å². The molecule has 1 atom stereocenters. The largest absolute Gasteiger partial charge is 0.385 e. The number of aromatic nitrogens is 1. The van der Waals surface area contributed by atoms with Gasteiger partial charge in [-0.3, -0.25) is 4.98 Å². The second kappa shape index (κ2) is 5.78. The van der Waals surface area contributed by atoms with Gasteiger partial charge in [0.15, 0.2) is 0 Å². The van der Waals surface area contributed by atoms with Crippen molar-refractivity contribution < 1.29 is 5.11 Å². The molecule has 0 spiro atoms. The van der Waals surface area contributed by atoms with E-state index in [9.17, 15) is 5.11 Å². The number of hydrogen-bond donors (Lipinski definition) is 1. The summed E-state index contributed by atoms with van der Waals surface area (Å²) in [5.41, 5.74) is 1.31. The van der Waals surface area contributed by atoms with Crippen LogP contribution in [0.3, 0.4) is 0 Å². The van der Waals surface area contributed by atoms with Gasteiger partial charge in [-0.05, 0) is 43.9 Å². The first-order valence-corrected chi connectivity index (χ1v) is 6.36. The lowest BCUT2D eigenvalue weighted by Crippen LogP contribution is -2.21. The normalized spacial score (nSPS) is 14.1. The fourth-order valence-electron chi connectivity index (χ4n) is 2.10. The molecule has 18 heavy (non-hydrogen) atoms. The summed E-state index contributed by atoms with van der Waals surface area (Å²) >= 11 is 0. The molecule has 0 radical (unpaired) electrons. The van der Waals surface area contributed by atoms with E-state index in [0.717, 1.165) is 30.5 Å². The minimum atomic E-state index is -0.754. The summed E-state index contributed by atoms with van der Waals surface area (Å²) in [5.74, 6) is 0. The van der Waals surface area contributed by atoms with Crippen molar-refractivity contribution in [1.82, 2.24) is 4.98 Å². The van der Waals surface area contributed by atoms with Gasteiger partial charge in [-0.25, -0.2) is 0 Å². The Kier molecular flexibility index (Phi) is 4.11. The van der Waals surface area contributed by atoms with Crippen molar-refractivity contribution in [2.24, 2.45) is 0 Å². The molecule has 1 N–H and O–H groups in total. The van der Waals surface area contributed by atoms with Crippen LogP contribution in [0.25, 0.3) is 0 Å². The van der Waals surface area contributed by atoms with Crippen LogP contribution in [0.2, 0.25) is 0 Å². The van der Waals surface area contributed by atoms with Crippen molar-refractivity contribution in [2.75, 3.05) is 0 Å². The Bertz CT molecular complexity index is 465. The van der Waals surface area contributed by atoms with Crippen molar-refractivity contribution in [2.45, 2.75) is 31.8 Å². The van der Waals surface area contributed by atoms with Crippen molar-refractivity contribution in [1.29, 1.82) is 0 Å². The van der Waals surface area contributed by atoms with E-state index in [2.05, 4.69) is 4.98 Å². The van der Waals surface area contributed by atoms with Crippen molar-refractivity contribution >= 4 is 0 Å². The Morgan fingerprint density at radius 3 is 2.44 bits per heavy atom. The smallest absolute Gasteiger partial charge is 0.0868 e. The number of benzene rings is 1. The molecule has 0 unspecified atom stereocenters. The number of pyridine rings is 1. The van der Waals surface area contributed by atoms with Crippen LogP contribution in [-0.2, 0) is 12.0 Å². The molecular formula is C16H19NO. The highest BCUT2D eigenvalue weighted by Crippen LogP contribution is 2.26. The Balaban J connectivity index is 1.90. The maximum Gasteiger partial charge on any atom is 0.0868 e. The summed E-state index contributed by atoms with van der Waals surface area (Å²) in [5, 5.41) is 10.4. The molecule has 1 heterocycles. The Morgan fingerprint density at radius 1 is 1.06 bits per heavy atom. The standard InChI is InChI=1S/C16H19NO/c1-16(18,14-8-3-2-4-9-14)12-7-11-15-10-5-6-13-17-15/h2-6,8-10,13,18H,7,11-12H2,1H3/t16-/m0/s1. The van der Waals surface area contributed by atoms with Gasteiger partial charge >= 0.3 is 0 Å². The van der Waals surface area contributed by atoms with E-state index in [1.807, 2.05) is 61.7 Å². The Hall–Kier alpha value is -1.67. The molecule has 2 aromatic rings. The second-order valence-electron chi connectivity index (χ2n) is 4.81. The summed E-state index contributed by atoms with van der Waals surface area (Å²) in [6.45, 7) is 1.88. The van der Waals surface area contributed by atoms with Crippen LogP contribution >= 0.6 is 0 Å². The predicted octanol–water partition coefficient (Wildman–Crippen LogP) is 3.31. The molecule has 0 saturated heterocycles. The Labute approximate surface area is 108 Å². The highest BCUT2D eigenvalue weighted by Gasteiger charge is 2.21. The van der Waals surface area contributed by atoms with Gasteiger partial charge < -0.3 is 5.11 Å². The van der Waals surface area contributed by atoms with Crippen LogP contribution < -0.4 is 0 Å². The predicted molar refractivity (Wildman–Crippen MR) is 73.2 cm³/mol. The SMILES string of the molecule is C[C@](O)(CCCc1ccccn1)c1ccccc1. The molecule has 0 aliphatic heterocycles. The highest BCUT2D eigenvalue weighted by molar-refractivity contribution is 5.21. The van der Waals surface area contributed by atoms with Crippen molar-refractivity contribution in [3.63, 3.8) is 0 Å². The molecule has 0 amide bonds. The van der Waals surface area contributed by atoms with Gasteiger partial charge in [-0.2, -0.15) is 0 Å². The molecule has 1 aromatic carbocycles. The number of hydrogen-bond acceptors (Lipinski definition) is 2. The molecule has 2 nitrogen and oxygen atoms in total. The van der Waals surface area contributed by atoms with Crippen molar-refractivity contribution in [3.8, 4) is 0 Å². The lowest BCUT2D eigenvalue weighted by molar-refractivity contribution is 0.0456. The molecule has 2 heteroatoms. The zero-order chi connectivity index (χ0) is 12.8. The van der Waals surface area contributed by atoms with Crippen LogP contribution in [0.5, 0.6) is 0 Å². The van der Waals surface area contributed by atoms with Gasteiger partial charge in [0.25, 0.3) is 0 Å². The van der Waals surface area contributed by atoms with E-state index in [1.165, 1.54) is 0 Å². The zero-order valence-electron chi connectivity index (χ0n) is 10.7. The van der Waals surface area contributed by atoms with Crippen LogP contribution in [0.4, 0.5) is 0 Å². The van der Waals surface area contributed by atoms with Crippen LogP contribution in [0, 0.1) is 0 Å². The number of aliphatic hydroxyl groups is 1. The molecule has 0 fully saturated rings. The summed E-state index contributed by atoms with van der Waals surface area (Å²) in [4.78, 5) is 4.29. The zero-order valence-corrected chi connectivity index (χ0v) is 10.7. The fourth-order valence-corrected chi connectivity index (χ4v) is 2.10. The topological polar surface area (TPSA) is 33.1 Å². The number of rotatable bonds is 5. The fraction of sp³-hybridized carbons (Fsp3) is 0.312. The molecule has 0 bridgehead atoms.